The topological polar surface area (TPSA) is 55.6 Å². The molecular weight excluding hydrogens is 238 g/mol. The Bertz CT molecular complexity index is 502. The average Bonchev–Trinajstić information content (AvgIpc) is 2.88. The lowest BCUT2D eigenvalue weighted by atomic mass is 9.96. The summed E-state index contributed by atoms with van der Waals surface area (Å²) in [6.45, 7) is 2.98. The highest BCUT2D eigenvalue weighted by Crippen LogP contribution is 2.15. The molecule has 3 rings (SSSR count). The van der Waals surface area contributed by atoms with Crippen LogP contribution >= 0.6 is 0 Å². The summed E-state index contributed by atoms with van der Waals surface area (Å²) in [5.74, 6) is 1.66. The molecule has 0 spiro atoms. The van der Waals surface area contributed by atoms with Gasteiger partial charge in [0.1, 0.15) is 0 Å². The number of rotatable bonds is 4. The lowest BCUT2D eigenvalue weighted by Crippen LogP contribution is -2.31. The Morgan fingerprint density at radius 1 is 1.26 bits per heavy atom. The number of nitrogens with one attached hydrogen (secondary N) is 1. The molecule has 1 atom stereocenters. The van der Waals surface area contributed by atoms with E-state index < -0.39 is 0 Å². The van der Waals surface area contributed by atoms with E-state index in [2.05, 4.69) is 33.0 Å². The Kier molecular flexibility index (Phi) is 3.83. The monoisotopic (exact) mass is 257 g/mol. The third kappa shape index (κ3) is 3.17. The smallest absolute Gasteiger partial charge is 0.151 e. The van der Waals surface area contributed by atoms with Crippen molar-refractivity contribution in [2.75, 3.05) is 13.1 Å². The number of hydrogen-bond acceptors (Lipinski definition) is 4. The summed E-state index contributed by atoms with van der Waals surface area (Å²) in [7, 11) is 0. The van der Waals surface area contributed by atoms with Crippen LogP contribution in [0.25, 0.3) is 0 Å². The number of hydrogen-bond donors (Lipinski definition) is 1. The van der Waals surface area contributed by atoms with E-state index in [0.29, 0.717) is 5.92 Å². The molecule has 0 aliphatic carbocycles. The molecule has 1 fully saturated rings. The predicted molar refractivity (Wildman–Crippen MR) is 72.7 cm³/mol. The van der Waals surface area contributed by atoms with E-state index in [1.165, 1.54) is 18.4 Å². The predicted octanol–water partition coefficient (Wildman–Crippen LogP) is 1.26. The fourth-order valence-corrected chi connectivity index (χ4v) is 2.61. The van der Waals surface area contributed by atoms with Crippen molar-refractivity contribution in [1.82, 2.24) is 25.5 Å². The Hall–Kier alpha value is -1.75. The SMILES string of the molecule is c1ccc(Cn2nnnc2CC2CCCNC2)cc1. The van der Waals surface area contributed by atoms with Gasteiger partial charge in [0.25, 0.3) is 0 Å². The van der Waals surface area contributed by atoms with E-state index in [0.717, 1.165) is 31.9 Å². The molecule has 100 valence electrons. The minimum absolute atomic E-state index is 0.661. The van der Waals surface area contributed by atoms with Crippen molar-refractivity contribution in [3.8, 4) is 0 Å². The third-order valence-corrected chi connectivity index (χ3v) is 3.65. The maximum atomic E-state index is 4.18. The quantitative estimate of drug-likeness (QED) is 0.896. The van der Waals surface area contributed by atoms with Crippen molar-refractivity contribution < 1.29 is 0 Å². The highest BCUT2D eigenvalue weighted by atomic mass is 15.5. The second-order valence-corrected chi connectivity index (χ2v) is 5.15. The number of tetrazole rings is 1. The molecule has 1 aromatic heterocycles. The minimum atomic E-state index is 0.661. The number of benzene rings is 1. The first kappa shape index (κ1) is 12.3. The highest BCUT2D eigenvalue weighted by molar-refractivity contribution is 5.15. The number of piperidine rings is 1. The van der Waals surface area contributed by atoms with Gasteiger partial charge in [0.15, 0.2) is 5.82 Å². The molecule has 5 nitrogen and oxygen atoms in total. The maximum absolute atomic E-state index is 4.18. The average molecular weight is 257 g/mol. The molecule has 1 aliphatic heterocycles. The van der Waals surface area contributed by atoms with Gasteiger partial charge in [-0.15, -0.1) is 5.10 Å². The molecule has 0 saturated carbocycles. The molecule has 19 heavy (non-hydrogen) atoms. The van der Waals surface area contributed by atoms with Crippen LogP contribution in [0.2, 0.25) is 0 Å². The molecule has 1 unspecified atom stereocenters. The lowest BCUT2D eigenvalue weighted by molar-refractivity contribution is 0.365. The molecule has 0 radical (unpaired) electrons. The van der Waals surface area contributed by atoms with Crippen molar-refractivity contribution in [3.63, 3.8) is 0 Å². The van der Waals surface area contributed by atoms with Crippen molar-refractivity contribution in [2.24, 2.45) is 5.92 Å². The zero-order valence-corrected chi connectivity index (χ0v) is 11.0. The molecule has 0 amide bonds. The molecule has 1 saturated heterocycles. The van der Waals surface area contributed by atoms with Gasteiger partial charge in [0.05, 0.1) is 6.54 Å². The van der Waals surface area contributed by atoms with Gasteiger partial charge in [-0.05, 0) is 47.8 Å². The summed E-state index contributed by atoms with van der Waals surface area (Å²) in [6.07, 6.45) is 3.49. The molecule has 1 N–H and O–H groups in total. The van der Waals surface area contributed by atoms with Gasteiger partial charge >= 0.3 is 0 Å². The largest absolute Gasteiger partial charge is 0.316 e. The van der Waals surface area contributed by atoms with Crippen LogP contribution in [0.1, 0.15) is 24.2 Å². The number of aromatic nitrogens is 4. The zero-order valence-electron chi connectivity index (χ0n) is 11.0. The maximum Gasteiger partial charge on any atom is 0.151 e. The van der Waals surface area contributed by atoms with Crippen LogP contribution in [0, 0.1) is 5.92 Å². The van der Waals surface area contributed by atoms with E-state index >= 15 is 0 Å². The fraction of sp³-hybridized carbons (Fsp3) is 0.500. The minimum Gasteiger partial charge on any atom is -0.316 e. The van der Waals surface area contributed by atoms with Crippen LogP contribution in [0.3, 0.4) is 0 Å². The van der Waals surface area contributed by atoms with Gasteiger partial charge in [-0.2, -0.15) is 0 Å². The first-order valence-corrected chi connectivity index (χ1v) is 6.91. The van der Waals surface area contributed by atoms with Crippen LogP contribution in [-0.4, -0.2) is 33.3 Å². The van der Waals surface area contributed by atoms with Crippen LogP contribution < -0.4 is 5.32 Å². The summed E-state index contributed by atoms with van der Waals surface area (Å²) in [5.41, 5.74) is 1.23. The Morgan fingerprint density at radius 3 is 2.95 bits per heavy atom. The second-order valence-electron chi connectivity index (χ2n) is 5.15. The van der Waals surface area contributed by atoms with E-state index in [4.69, 9.17) is 0 Å². The summed E-state index contributed by atoms with van der Waals surface area (Å²) >= 11 is 0. The normalized spacial score (nSPS) is 19.5. The third-order valence-electron chi connectivity index (χ3n) is 3.65. The van der Waals surface area contributed by atoms with Gasteiger partial charge in [0, 0.05) is 6.42 Å². The molecular formula is C14H19N5. The van der Waals surface area contributed by atoms with Gasteiger partial charge in [-0.3, -0.25) is 0 Å². The van der Waals surface area contributed by atoms with Gasteiger partial charge in [-0.1, -0.05) is 30.3 Å². The molecule has 2 heterocycles. The van der Waals surface area contributed by atoms with E-state index in [1.54, 1.807) is 0 Å². The van der Waals surface area contributed by atoms with Crippen LogP contribution in [-0.2, 0) is 13.0 Å². The zero-order chi connectivity index (χ0) is 12.9. The summed E-state index contributed by atoms with van der Waals surface area (Å²) in [6, 6.07) is 10.3. The van der Waals surface area contributed by atoms with Gasteiger partial charge < -0.3 is 5.32 Å². The molecule has 1 aliphatic rings. The van der Waals surface area contributed by atoms with Crippen LogP contribution in [0.15, 0.2) is 30.3 Å². The Morgan fingerprint density at radius 2 is 2.16 bits per heavy atom. The summed E-state index contributed by atoms with van der Waals surface area (Å²) in [5, 5.41) is 15.6. The summed E-state index contributed by atoms with van der Waals surface area (Å²) < 4.78 is 1.92. The lowest BCUT2D eigenvalue weighted by Gasteiger charge is -2.21. The first-order valence-electron chi connectivity index (χ1n) is 6.91. The van der Waals surface area contributed by atoms with Gasteiger partial charge in [0.2, 0.25) is 0 Å². The highest BCUT2D eigenvalue weighted by Gasteiger charge is 2.17. The standard InChI is InChI=1S/C14H19N5/c1-2-5-12(6-3-1)11-19-14(16-17-18-19)9-13-7-4-8-15-10-13/h1-3,5-6,13,15H,4,7-11H2. The van der Waals surface area contributed by atoms with Crippen molar-refractivity contribution in [2.45, 2.75) is 25.8 Å². The number of nitrogens with zero attached hydrogens (tertiary/aromatic N) is 4. The van der Waals surface area contributed by atoms with Crippen molar-refractivity contribution >= 4 is 0 Å². The Labute approximate surface area is 113 Å². The van der Waals surface area contributed by atoms with E-state index in [9.17, 15) is 0 Å². The van der Waals surface area contributed by atoms with Crippen molar-refractivity contribution in [1.29, 1.82) is 0 Å². The second kappa shape index (κ2) is 5.93. The fourth-order valence-electron chi connectivity index (χ4n) is 2.61. The van der Waals surface area contributed by atoms with Crippen molar-refractivity contribution in [3.05, 3.63) is 41.7 Å². The molecule has 5 heteroatoms. The summed E-state index contributed by atoms with van der Waals surface area (Å²) in [4.78, 5) is 0. The Balaban J connectivity index is 1.68. The van der Waals surface area contributed by atoms with Crippen LogP contribution in [0.5, 0.6) is 0 Å². The molecule has 0 bridgehead atoms. The first-order chi connectivity index (χ1) is 9.42. The molecule has 2 aromatic rings. The van der Waals surface area contributed by atoms with E-state index in [-0.39, 0.29) is 0 Å². The van der Waals surface area contributed by atoms with Crippen LogP contribution in [0.4, 0.5) is 0 Å². The molecule has 1 aromatic carbocycles. The van der Waals surface area contributed by atoms with E-state index in [1.807, 2.05) is 22.9 Å². The van der Waals surface area contributed by atoms with Gasteiger partial charge in [-0.25, -0.2) is 4.68 Å².